The Hall–Kier alpha value is -3.76. The van der Waals surface area contributed by atoms with Crippen molar-refractivity contribution < 1.29 is 37.9 Å². The highest BCUT2D eigenvalue weighted by Crippen LogP contribution is 2.58. The topological polar surface area (TPSA) is 73.8 Å². The number of unbranched alkanes of at least 4 members (excludes halogenated alkanes) is 8. The van der Waals surface area contributed by atoms with Gasteiger partial charge in [-0.05, 0) is 63.8 Å². The molecule has 2 unspecified atom stereocenters. The van der Waals surface area contributed by atoms with Crippen molar-refractivity contribution in [1.82, 2.24) is 0 Å². The smallest absolute Gasteiger partial charge is 0.230 e. The van der Waals surface area contributed by atoms with Crippen molar-refractivity contribution in [2.24, 2.45) is 0 Å². The molecule has 8 nitrogen and oxygen atoms in total. The highest BCUT2D eigenvalue weighted by molar-refractivity contribution is 9.08. The van der Waals surface area contributed by atoms with E-state index in [0.29, 0.717) is 10.7 Å². The number of benzene rings is 4. The van der Waals surface area contributed by atoms with Gasteiger partial charge in [0.05, 0.1) is 0 Å². The summed E-state index contributed by atoms with van der Waals surface area (Å²) in [5, 5.41) is 1.11. The monoisotopic (exact) mass is 1030 g/mol. The first-order valence-electron chi connectivity index (χ1n) is 25.3. The Morgan fingerprint density at radius 2 is 0.561 bits per heavy atom. The maximum Gasteiger partial charge on any atom is 0.230 e. The predicted octanol–water partition coefficient (Wildman–Crippen LogP) is 16.2. The number of hydrogen-bond donors (Lipinski definition) is 0. The van der Waals surface area contributed by atoms with Gasteiger partial charge in [-0.3, -0.25) is 0 Å². The van der Waals surface area contributed by atoms with Crippen LogP contribution in [0.3, 0.4) is 0 Å². The third-order valence-electron chi connectivity index (χ3n) is 15.1. The fraction of sp³-hybridized carbons (Fsp3) is 0.571. The molecule has 4 aromatic carbocycles. The molecule has 5 aliphatic rings. The van der Waals surface area contributed by atoms with Gasteiger partial charge in [0.1, 0.15) is 46.0 Å². The van der Waals surface area contributed by atoms with Crippen LogP contribution in [0, 0.1) is 13.8 Å². The Kier molecular flexibility index (Phi) is 15.2. The summed E-state index contributed by atoms with van der Waals surface area (Å²) >= 11 is 7.97. The van der Waals surface area contributed by atoms with E-state index >= 15 is 0 Å². The fourth-order valence-electron chi connectivity index (χ4n) is 11.8. The van der Waals surface area contributed by atoms with Crippen LogP contribution in [0.5, 0.6) is 46.0 Å². The lowest BCUT2D eigenvalue weighted by Crippen LogP contribution is -2.25. The molecule has 0 fully saturated rings. The Morgan fingerprint density at radius 3 is 0.773 bits per heavy atom. The van der Waals surface area contributed by atoms with Gasteiger partial charge in [0.15, 0.2) is 0 Å². The number of alkyl halides is 2. The lowest BCUT2D eigenvalue weighted by molar-refractivity contribution is 0.0955. The molecule has 4 aliphatic heterocycles. The average Bonchev–Trinajstić information content (AvgIpc) is 3.30. The van der Waals surface area contributed by atoms with E-state index in [4.69, 9.17) is 37.9 Å². The molecule has 0 saturated heterocycles. The van der Waals surface area contributed by atoms with Crippen LogP contribution in [-0.2, 0) is 10.7 Å². The molecule has 0 aromatic heterocycles. The van der Waals surface area contributed by atoms with E-state index in [9.17, 15) is 0 Å². The maximum atomic E-state index is 6.89. The number of rotatable bonds is 18. The van der Waals surface area contributed by atoms with Crippen molar-refractivity contribution in [1.29, 1.82) is 0 Å². The Bertz CT molecular complexity index is 2240. The van der Waals surface area contributed by atoms with Crippen LogP contribution in [0.2, 0.25) is 0 Å². The predicted molar refractivity (Wildman–Crippen MR) is 269 cm³/mol. The van der Waals surface area contributed by atoms with E-state index < -0.39 is 0 Å². The zero-order valence-electron chi connectivity index (χ0n) is 40.2. The number of hydrogen-bond acceptors (Lipinski definition) is 8. The highest BCUT2D eigenvalue weighted by atomic mass is 79.9. The quantitative estimate of drug-likeness (QED) is 0.0721. The normalized spacial score (nSPS) is 19.5. The molecule has 0 saturated carbocycles. The van der Waals surface area contributed by atoms with Crippen LogP contribution in [-0.4, -0.2) is 27.2 Å². The molecule has 0 radical (unpaired) electrons. The minimum atomic E-state index is -0.0226. The summed E-state index contributed by atoms with van der Waals surface area (Å²) in [6, 6.07) is 9.91. The van der Waals surface area contributed by atoms with Gasteiger partial charge in [-0.25, -0.2) is 0 Å². The minimum absolute atomic E-state index is 0.0000768. The summed E-state index contributed by atoms with van der Waals surface area (Å²) in [5.41, 5.74) is 13.7. The molecule has 9 rings (SSSR count). The van der Waals surface area contributed by atoms with Crippen LogP contribution in [0.25, 0.3) is 0 Å². The minimum Gasteiger partial charge on any atom is -0.457 e. The van der Waals surface area contributed by atoms with Crippen LogP contribution < -0.4 is 37.9 Å². The van der Waals surface area contributed by atoms with Gasteiger partial charge in [-0.1, -0.05) is 137 Å². The van der Waals surface area contributed by atoms with Crippen LogP contribution in [0.1, 0.15) is 221 Å². The maximum absolute atomic E-state index is 6.89. The molecular weight excluding hydrogens is 960 g/mol. The standard InChI is InChI=1S/C56H70Br2O8/c1-7-11-15-19-35-39-23-41-36(20-16-12-8-2)43-25-45-38(22-18-14-10-4)46-26-44-37(21-17-13-9-3)42-24-40(35)50-34(6)52(42)62-31-64-54(44)48(28-58)56(46)66-32-65-55(45)47(27-57)53(43)63-30-61-51(41)33(5)49(39)59-29-60-50/h23-26,35-38H,7-22,27-32H2,1-6H3. The molecule has 66 heavy (non-hydrogen) atoms. The van der Waals surface area contributed by atoms with Crippen LogP contribution in [0.15, 0.2) is 24.3 Å². The van der Waals surface area contributed by atoms with E-state index in [1.165, 1.54) is 44.5 Å². The van der Waals surface area contributed by atoms with Gasteiger partial charge in [0.2, 0.25) is 27.2 Å². The molecular formula is C56H70Br2O8. The van der Waals surface area contributed by atoms with E-state index in [1.807, 2.05) is 0 Å². The fourth-order valence-corrected chi connectivity index (χ4v) is 12.8. The van der Waals surface area contributed by atoms with Gasteiger partial charge in [0, 0.05) is 101 Å². The number of ether oxygens (including phenoxy) is 8. The average molecular weight is 1030 g/mol. The molecule has 2 atom stereocenters. The van der Waals surface area contributed by atoms with Gasteiger partial charge in [-0.2, -0.15) is 0 Å². The molecule has 356 valence electrons. The van der Waals surface area contributed by atoms with Crippen molar-refractivity contribution in [3.8, 4) is 46.0 Å². The molecule has 4 heterocycles. The largest absolute Gasteiger partial charge is 0.457 e. The molecule has 0 amide bonds. The summed E-state index contributed by atoms with van der Waals surface area (Å²) in [6.45, 7) is 13.7. The van der Waals surface area contributed by atoms with Crippen molar-refractivity contribution in [3.05, 3.63) is 91.0 Å². The molecule has 8 bridgehead atoms. The highest BCUT2D eigenvalue weighted by Gasteiger charge is 2.40. The SMILES string of the molecule is CCCCCC1c2cc3c4c(C)c2OCOc2c1cc1c(c2C)OCOc2c(cc5c(c2CBr)OCOc2c(cc(c(c2CBr)OCO4)C3CCCCC)C5CCCCC)C1CCCCC. The van der Waals surface area contributed by atoms with Crippen molar-refractivity contribution in [2.75, 3.05) is 27.2 Å². The van der Waals surface area contributed by atoms with Crippen LogP contribution >= 0.6 is 31.9 Å². The summed E-state index contributed by atoms with van der Waals surface area (Å²) in [4.78, 5) is 0. The van der Waals surface area contributed by atoms with Gasteiger partial charge in [0.25, 0.3) is 0 Å². The second kappa shape index (κ2) is 21.3. The van der Waals surface area contributed by atoms with E-state index in [1.54, 1.807) is 0 Å². The van der Waals surface area contributed by atoms with Crippen molar-refractivity contribution >= 4 is 31.9 Å². The van der Waals surface area contributed by atoms with Crippen molar-refractivity contribution in [2.45, 2.75) is 179 Å². The zero-order valence-corrected chi connectivity index (χ0v) is 43.4. The van der Waals surface area contributed by atoms with Gasteiger partial charge >= 0.3 is 0 Å². The zero-order chi connectivity index (χ0) is 45.9. The first-order chi connectivity index (χ1) is 32.4. The number of halogens is 2. The second-order valence-electron chi connectivity index (χ2n) is 19.1. The van der Waals surface area contributed by atoms with E-state index in [2.05, 4.69) is 97.7 Å². The molecule has 0 N–H and O–H groups in total. The Labute approximate surface area is 410 Å². The van der Waals surface area contributed by atoms with E-state index in [-0.39, 0.29) is 50.8 Å². The summed E-state index contributed by atoms with van der Waals surface area (Å²) in [6.07, 6.45) is 17.1. The second-order valence-corrected chi connectivity index (χ2v) is 20.3. The van der Waals surface area contributed by atoms with Crippen molar-refractivity contribution in [3.63, 3.8) is 0 Å². The molecule has 0 spiro atoms. The Morgan fingerprint density at radius 1 is 0.348 bits per heavy atom. The summed E-state index contributed by atoms with van der Waals surface area (Å²) < 4.78 is 54.9. The summed E-state index contributed by atoms with van der Waals surface area (Å²) in [7, 11) is 0. The molecule has 1 aliphatic carbocycles. The first kappa shape index (κ1) is 47.3. The van der Waals surface area contributed by atoms with Gasteiger partial charge in [-0.15, -0.1) is 0 Å². The van der Waals surface area contributed by atoms with Gasteiger partial charge < -0.3 is 37.9 Å². The first-order valence-corrected chi connectivity index (χ1v) is 27.5. The lowest BCUT2D eigenvalue weighted by atomic mass is 9.74. The molecule has 4 aromatic rings. The third-order valence-corrected chi connectivity index (χ3v) is 16.2. The van der Waals surface area contributed by atoms with Crippen LogP contribution in [0.4, 0.5) is 0 Å². The Balaban J connectivity index is 1.46. The van der Waals surface area contributed by atoms with E-state index in [0.717, 1.165) is 171 Å². The third kappa shape index (κ3) is 8.66. The summed E-state index contributed by atoms with van der Waals surface area (Å²) in [5.74, 6) is 6.78. The lowest BCUT2D eigenvalue weighted by Gasteiger charge is -2.37. The molecule has 10 heteroatoms.